The Hall–Kier alpha value is -0.0400. The summed E-state index contributed by atoms with van der Waals surface area (Å²) in [5.74, 6) is 0. The maximum absolute atomic E-state index is 3.69. The van der Waals surface area contributed by atoms with Crippen molar-refractivity contribution in [3.05, 3.63) is 0 Å². The van der Waals surface area contributed by atoms with Crippen LogP contribution in [0.4, 0.5) is 0 Å². The molecule has 1 heterocycles. The number of hydrogen-bond donors (Lipinski definition) is 1. The summed E-state index contributed by atoms with van der Waals surface area (Å²) in [4.78, 5) is 0. The fourth-order valence-electron chi connectivity index (χ4n) is 3.30. The molecule has 2 rings (SSSR count). The van der Waals surface area contributed by atoms with E-state index >= 15 is 0 Å². The zero-order valence-corrected chi connectivity index (χ0v) is 9.65. The third-order valence-electron chi connectivity index (χ3n) is 4.21. The Balaban J connectivity index is 1.81. The summed E-state index contributed by atoms with van der Waals surface area (Å²) in [6.45, 7) is 3.78. The Labute approximate surface area is 88.7 Å². The number of rotatable bonds is 2. The number of hydrogen-bond acceptors (Lipinski definition) is 1. The standard InChI is InChI=1S/C13H25N/c1-13(8-4-2-5-9-13)11-12-7-3-6-10-14-12/h12,14H,2-11H2,1H3. The van der Waals surface area contributed by atoms with Crippen molar-refractivity contribution in [3.63, 3.8) is 0 Å². The molecule has 0 bridgehead atoms. The van der Waals surface area contributed by atoms with E-state index in [2.05, 4.69) is 12.2 Å². The molecule has 1 saturated carbocycles. The van der Waals surface area contributed by atoms with Crippen LogP contribution in [0.15, 0.2) is 0 Å². The number of piperidine rings is 1. The lowest BCUT2D eigenvalue weighted by Crippen LogP contribution is -2.38. The molecule has 1 unspecified atom stereocenters. The van der Waals surface area contributed by atoms with Gasteiger partial charge in [0.1, 0.15) is 0 Å². The van der Waals surface area contributed by atoms with Crippen LogP contribution in [-0.4, -0.2) is 12.6 Å². The van der Waals surface area contributed by atoms with Crippen molar-refractivity contribution in [2.75, 3.05) is 6.54 Å². The van der Waals surface area contributed by atoms with Gasteiger partial charge in [0.15, 0.2) is 0 Å². The molecule has 1 saturated heterocycles. The van der Waals surface area contributed by atoms with Gasteiger partial charge in [-0.05, 0) is 44.1 Å². The minimum absolute atomic E-state index is 0.674. The molecular formula is C13H25N. The van der Waals surface area contributed by atoms with Crippen LogP contribution in [-0.2, 0) is 0 Å². The molecule has 0 aromatic carbocycles. The van der Waals surface area contributed by atoms with E-state index in [-0.39, 0.29) is 0 Å². The highest BCUT2D eigenvalue weighted by atomic mass is 14.9. The summed E-state index contributed by atoms with van der Waals surface area (Å²) in [5.41, 5.74) is 0.674. The second-order valence-corrected chi connectivity index (χ2v) is 5.72. The van der Waals surface area contributed by atoms with E-state index in [0.717, 1.165) is 6.04 Å². The fraction of sp³-hybridized carbons (Fsp3) is 1.00. The molecular weight excluding hydrogens is 170 g/mol. The van der Waals surface area contributed by atoms with Crippen LogP contribution in [0.25, 0.3) is 0 Å². The Morgan fingerprint density at radius 2 is 1.86 bits per heavy atom. The lowest BCUT2D eigenvalue weighted by atomic mass is 9.71. The third-order valence-corrected chi connectivity index (χ3v) is 4.21. The predicted octanol–water partition coefficient (Wildman–Crippen LogP) is 3.49. The first-order valence-electron chi connectivity index (χ1n) is 6.52. The predicted molar refractivity (Wildman–Crippen MR) is 61.5 cm³/mol. The van der Waals surface area contributed by atoms with Crippen molar-refractivity contribution in [3.8, 4) is 0 Å². The van der Waals surface area contributed by atoms with Gasteiger partial charge in [-0.25, -0.2) is 0 Å². The van der Waals surface area contributed by atoms with E-state index in [1.807, 2.05) is 0 Å². The van der Waals surface area contributed by atoms with Crippen molar-refractivity contribution in [2.45, 2.75) is 70.8 Å². The van der Waals surface area contributed by atoms with Crippen molar-refractivity contribution in [1.29, 1.82) is 0 Å². The highest BCUT2D eigenvalue weighted by molar-refractivity contribution is 4.85. The Bertz CT molecular complexity index is 164. The van der Waals surface area contributed by atoms with E-state index in [0.29, 0.717) is 5.41 Å². The monoisotopic (exact) mass is 195 g/mol. The van der Waals surface area contributed by atoms with E-state index in [9.17, 15) is 0 Å². The van der Waals surface area contributed by atoms with Crippen LogP contribution in [0.5, 0.6) is 0 Å². The molecule has 1 N–H and O–H groups in total. The maximum Gasteiger partial charge on any atom is 0.00722 e. The van der Waals surface area contributed by atoms with Gasteiger partial charge in [0, 0.05) is 6.04 Å². The highest BCUT2D eigenvalue weighted by Gasteiger charge is 2.30. The molecule has 1 aliphatic carbocycles. The Morgan fingerprint density at radius 3 is 2.50 bits per heavy atom. The summed E-state index contributed by atoms with van der Waals surface area (Å²) >= 11 is 0. The van der Waals surface area contributed by atoms with Gasteiger partial charge in [-0.3, -0.25) is 0 Å². The molecule has 1 aliphatic heterocycles. The maximum atomic E-state index is 3.69. The fourth-order valence-corrected chi connectivity index (χ4v) is 3.30. The van der Waals surface area contributed by atoms with Crippen LogP contribution in [0.3, 0.4) is 0 Å². The summed E-state index contributed by atoms with van der Waals surface area (Å²) in [5, 5.41) is 3.69. The molecule has 1 heteroatoms. The molecule has 0 amide bonds. The minimum Gasteiger partial charge on any atom is -0.314 e. The van der Waals surface area contributed by atoms with Gasteiger partial charge in [0.25, 0.3) is 0 Å². The van der Waals surface area contributed by atoms with E-state index in [1.54, 1.807) is 0 Å². The SMILES string of the molecule is CC1(CC2CCCCN2)CCCCC1. The van der Waals surface area contributed by atoms with Gasteiger partial charge < -0.3 is 5.32 Å². The van der Waals surface area contributed by atoms with Gasteiger partial charge in [-0.15, -0.1) is 0 Å². The molecule has 2 aliphatic rings. The average molecular weight is 195 g/mol. The summed E-state index contributed by atoms with van der Waals surface area (Å²) in [6, 6.07) is 0.840. The van der Waals surface area contributed by atoms with Gasteiger partial charge in [-0.1, -0.05) is 32.6 Å². The first kappa shape index (κ1) is 10.5. The van der Waals surface area contributed by atoms with Crippen molar-refractivity contribution in [1.82, 2.24) is 5.32 Å². The molecule has 0 spiro atoms. The average Bonchev–Trinajstić information content (AvgIpc) is 2.19. The second kappa shape index (κ2) is 4.65. The molecule has 2 fully saturated rings. The van der Waals surface area contributed by atoms with Crippen LogP contribution in [0, 0.1) is 5.41 Å². The molecule has 82 valence electrons. The van der Waals surface area contributed by atoms with E-state index in [4.69, 9.17) is 0 Å². The second-order valence-electron chi connectivity index (χ2n) is 5.72. The van der Waals surface area contributed by atoms with Crippen molar-refractivity contribution in [2.24, 2.45) is 5.41 Å². The van der Waals surface area contributed by atoms with Crippen LogP contribution < -0.4 is 5.32 Å². The summed E-state index contributed by atoms with van der Waals surface area (Å²) < 4.78 is 0. The minimum atomic E-state index is 0.674. The van der Waals surface area contributed by atoms with Gasteiger partial charge in [0.2, 0.25) is 0 Å². The molecule has 1 atom stereocenters. The third kappa shape index (κ3) is 2.73. The molecule has 0 radical (unpaired) electrons. The van der Waals surface area contributed by atoms with Crippen LogP contribution in [0.2, 0.25) is 0 Å². The lowest BCUT2D eigenvalue weighted by molar-refractivity contribution is 0.164. The molecule has 0 aromatic heterocycles. The largest absolute Gasteiger partial charge is 0.314 e. The van der Waals surface area contributed by atoms with Gasteiger partial charge >= 0.3 is 0 Å². The van der Waals surface area contributed by atoms with Crippen LogP contribution >= 0.6 is 0 Å². The van der Waals surface area contributed by atoms with Crippen LogP contribution in [0.1, 0.15) is 64.7 Å². The quantitative estimate of drug-likeness (QED) is 0.711. The smallest absolute Gasteiger partial charge is 0.00722 e. The lowest BCUT2D eigenvalue weighted by Gasteiger charge is -2.38. The normalized spacial score (nSPS) is 32.8. The number of nitrogens with one attached hydrogen (secondary N) is 1. The van der Waals surface area contributed by atoms with E-state index < -0.39 is 0 Å². The first-order chi connectivity index (χ1) is 6.79. The van der Waals surface area contributed by atoms with Gasteiger partial charge in [0.05, 0.1) is 0 Å². The first-order valence-corrected chi connectivity index (χ1v) is 6.52. The Morgan fingerprint density at radius 1 is 1.07 bits per heavy atom. The summed E-state index contributed by atoms with van der Waals surface area (Å²) in [7, 11) is 0. The van der Waals surface area contributed by atoms with Gasteiger partial charge in [-0.2, -0.15) is 0 Å². The van der Waals surface area contributed by atoms with Crippen molar-refractivity contribution >= 4 is 0 Å². The molecule has 14 heavy (non-hydrogen) atoms. The Kier molecular flexibility index (Phi) is 3.48. The van der Waals surface area contributed by atoms with E-state index in [1.165, 1.54) is 64.3 Å². The topological polar surface area (TPSA) is 12.0 Å². The highest BCUT2D eigenvalue weighted by Crippen LogP contribution is 2.40. The zero-order valence-electron chi connectivity index (χ0n) is 9.65. The zero-order chi connectivity index (χ0) is 9.86. The molecule has 0 aromatic rings. The molecule has 1 nitrogen and oxygen atoms in total. The summed E-state index contributed by atoms with van der Waals surface area (Å²) in [6.07, 6.45) is 13.1. The van der Waals surface area contributed by atoms with Crippen molar-refractivity contribution < 1.29 is 0 Å².